The summed E-state index contributed by atoms with van der Waals surface area (Å²) in [5, 5.41) is 6.09. The van der Waals surface area contributed by atoms with Crippen LogP contribution in [0.1, 0.15) is 38.3 Å². The molecule has 132 valence electrons. The Bertz CT molecular complexity index is 570. The van der Waals surface area contributed by atoms with Gasteiger partial charge in [0.15, 0.2) is 11.5 Å². The summed E-state index contributed by atoms with van der Waals surface area (Å²) in [4.78, 5) is 12.4. The molecule has 1 saturated heterocycles. The van der Waals surface area contributed by atoms with Crippen LogP contribution in [-0.2, 0) is 4.74 Å². The highest BCUT2D eigenvalue weighted by Crippen LogP contribution is 2.34. The van der Waals surface area contributed by atoms with E-state index in [9.17, 15) is 4.79 Å². The van der Waals surface area contributed by atoms with Gasteiger partial charge < -0.3 is 24.8 Å². The van der Waals surface area contributed by atoms with E-state index >= 15 is 0 Å². The lowest BCUT2D eigenvalue weighted by Gasteiger charge is -2.28. The quantitative estimate of drug-likeness (QED) is 0.888. The number of rotatable bonds is 4. The van der Waals surface area contributed by atoms with E-state index in [0.717, 1.165) is 36.5 Å². The third-order valence-electron chi connectivity index (χ3n) is 4.37. The molecule has 0 radical (unpaired) electrons. The predicted octanol–water partition coefficient (Wildman–Crippen LogP) is 2.63. The molecular weight excluding hydrogens is 308 g/mol. The Hall–Kier alpha value is -1.95. The molecule has 0 aromatic heterocycles. The first-order valence-electron chi connectivity index (χ1n) is 8.68. The van der Waals surface area contributed by atoms with Gasteiger partial charge in [-0.2, -0.15) is 0 Å². The Labute approximate surface area is 142 Å². The van der Waals surface area contributed by atoms with Gasteiger partial charge in [0.1, 0.15) is 13.2 Å². The van der Waals surface area contributed by atoms with Gasteiger partial charge in [-0.15, -0.1) is 0 Å². The van der Waals surface area contributed by atoms with E-state index in [2.05, 4.69) is 24.5 Å². The zero-order chi connectivity index (χ0) is 16.9. The highest BCUT2D eigenvalue weighted by atomic mass is 16.6. The minimum Gasteiger partial charge on any atom is -0.486 e. The Morgan fingerprint density at radius 2 is 1.96 bits per heavy atom. The van der Waals surface area contributed by atoms with Crippen LogP contribution >= 0.6 is 0 Å². The molecular formula is C18H26N2O4. The monoisotopic (exact) mass is 334 g/mol. The summed E-state index contributed by atoms with van der Waals surface area (Å²) in [5.41, 5.74) is 1.02. The molecule has 0 aliphatic carbocycles. The van der Waals surface area contributed by atoms with Crippen LogP contribution in [0.4, 0.5) is 4.79 Å². The predicted molar refractivity (Wildman–Crippen MR) is 90.5 cm³/mol. The summed E-state index contributed by atoms with van der Waals surface area (Å²) in [6.07, 6.45) is 1.95. The first-order valence-corrected chi connectivity index (χ1v) is 8.68. The third kappa shape index (κ3) is 4.12. The van der Waals surface area contributed by atoms with Crippen LogP contribution < -0.4 is 20.1 Å². The molecule has 2 amide bonds. The Balaban J connectivity index is 1.66. The van der Waals surface area contributed by atoms with Gasteiger partial charge in [-0.25, -0.2) is 4.79 Å². The SMILES string of the molecule is CC(C)[C@H](NC(=O)N[C@@H]1CCCOC1)c1ccc2c(c1)OCCO2. The van der Waals surface area contributed by atoms with Gasteiger partial charge in [-0.1, -0.05) is 19.9 Å². The average molecular weight is 334 g/mol. The van der Waals surface area contributed by atoms with Crippen LogP contribution in [0.3, 0.4) is 0 Å². The summed E-state index contributed by atoms with van der Waals surface area (Å²) in [7, 11) is 0. The molecule has 2 heterocycles. The topological polar surface area (TPSA) is 68.8 Å². The number of benzene rings is 1. The fourth-order valence-corrected chi connectivity index (χ4v) is 3.11. The first-order chi connectivity index (χ1) is 11.6. The molecule has 24 heavy (non-hydrogen) atoms. The Kier molecular flexibility index (Phi) is 5.45. The van der Waals surface area contributed by atoms with Crippen molar-refractivity contribution in [1.29, 1.82) is 0 Å². The van der Waals surface area contributed by atoms with Gasteiger partial charge >= 0.3 is 6.03 Å². The number of urea groups is 1. The summed E-state index contributed by atoms with van der Waals surface area (Å²) < 4.78 is 16.6. The van der Waals surface area contributed by atoms with Crippen LogP contribution in [0, 0.1) is 5.92 Å². The van der Waals surface area contributed by atoms with Crippen LogP contribution in [0.25, 0.3) is 0 Å². The van der Waals surface area contributed by atoms with Gasteiger partial charge in [0.2, 0.25) is 0 Å². The van der Waals surface area contributed by atoms with Crippen molar-refractivity contribution < 1.29 is 19.0 Å². The van der Waals surface area contributed by atoms with E-state index < -0.39 is 0 Å². The Morgan fingerprint density at radius 1 is 1.17 bits per heavy atom. The summed E-state index contributed by atoms with van der Waals surface area (Å²) in [6, 6.07) is 5.70. The lowest BCUT2D eigenvalue weighted by atomic mass is 9.95. The number of nitrogens with one attached hydrogen (secondary N) is 2. The molecule has 0 bridgehead atoms. The van der Waals surface area contributed by atoms with E-state index in [1.807, 2.05) is 18.2 Å². The van der Waals surface area contributed by atoms with Crippen LogP contribution in [0.2, 0.25) is 0 Å². The number of ether oxygens (including phenoxy) is 3. The highest BCUT2D eigenvalue weighted by Gasteiger charge is 2.23. The van der Waals surface area contributed by atoms with Crippen molar-refractivity contribution in [3.05, 3.63) is 23.8 Å². The minimum absolute atomic E-state index is 0.0897. The third-order valence-corrected chi connectivity index (χ3v) is 4.37. The summed E-state index contributed by atoms with van der Waals surface area (Å²) in [6.45, 7) is 6.68. The second-order valence-electron chi connectivity index (χ2n) is 6.66. The maximum absolute atomic E-state index is 12.4. The molecule has 1 aromatic carbocycles. The smallest absolute Gasteiger partial charge is 0.315 e. The van der Waals surface area contributed by atoms with E-state index in [-0.39, 0.29) is 24.0 Å². The molecule has 2 aliphatic rings. The van der Waals surface area contributed by atoms with Gasteiger partial charge in [-0.05, 0) is 36.5 Å². The molecule has 6 heteroatoms. The molecule has 0 unspecified atom stereocenters. The van der Waals surface area contributed by atoms with E-state index in [1.54, 1.807) is 0 Å². The van der Waals surface area contributed by atoms with Crippen molar-refractivity contribution in [2.45, 2.75) is 38.8 Å². The highest BCUT2D eigenvalue weighted by molar-refractivity contribution is 5.75. The zero-order valence-electron chi connectivity index (χ0n) is 14.3. The second kappa shape index (κ2) is 7.75. The zero-order valence-corrected chi connectivity index (χ0v) is 14.3. The standard InChI is InChI=1S/C18H26N2O4/c1-12(2)17(20-18(21)19-14-4-3-7-22-11-14)13-5-6-15-16(10-13)24-9-8-23-15/h5-6,10,12,14,17H,3-4,7-9,11H2,1-2H3,(H2,19,20,21)/t14-,17+/m1/s1. The molecule has 1 fully saturated rings. The van der Waals surface area contributed by atoms with Crippen LogP contribution in [0.5, 0.6) is 11.5 Å². The maximum Gasteiger partial charge on any atom is 0.315 e. The normalized spacial score (nSPS) is 21.2. The van der Waals surface area contributed by atoms with Crippen LogP contribution in [-0.4, -0.2) is 38.5 Å². The molecule has 2 aliphatic heterocycles. The summed E-state index contributed by atoms with van der Waals surface area (Å²) in [5.74, 6) is 1.75. The average Bonchev–Trinajstić information content (AvgIpc) is 2.60. The van der Waals surface area contributed by atoms with Crippen LogP contribution in [0.15, 0.2) is 18.2 Å². The second-order valence-corrected chi connectivity index (χ2v) is 6.66. The van der Waals surface area contributed by atoms with E-state index in [1.165, 1.54) is 0 Å². The van der Waals surface area contributed by atoms with Crippen molar-refractivity contribution in [1.82, 2.24) is 10.6 Å². The molecule has 2 N–H and O–H groups in total. The van der Waals surface area contributed by atoms with Crippen molar-refractivity contribution in [3.63, 3.8) is 0 Å². The number of amides is 2. The largest absolute Gasteiger partial charge is 0.486 e. The maximum atomic E-state index is 12.4. The minimum atomic E-state index is -0.154. The van der Waals surface area contributed by atoms with Crippen molar-refractivity contribution in [2.24, 2.45) is 5.92 Å². The number of fused-ring (bicyclic) bond motifs is 1. The van der Waals surface area contributed by atoms with Crippen molar-refractivity contribution in [2.75, 3.05) is 26.4 Å². The summed E-state index contributed by atoms with van der Waals surface area (Å²) >= 11 is 0. The van der Waals surface area contributed by atoms with Gasteiger partial charge in [0, 0.05) is 6.61 Å². The Morgan fingerprint density at radius 3 is 2.67 bits per heavy atom. The molecule has 2 atom stereocenters. The fourth-order valence-electron chi connectivity index (χ4n) is 3.11. The number of carbonyl (C=O) groups excluding carboxylic acids is 1. The van der Waals surface area contributed by atoms with Crippen molar-refractivity contribution in [3.8, 4) is 11.5 Å². The van der Waals surface area contributed by atoms with Gasteiger partial charge in [0.25, 0.3) is 0 Å². The lowest BCUT2D eigenvalue weighted by Crippen LogP contribution is -2.47. The number of hydrogen-bond donors (Lipinski definition) is 2. The van der Waals surface area contributed by atoms with Crippen molar-refractivity contribution >= 4 is 6.03 Å². The number of carbonyl (C=O) groups is 1. The van der Waals surface area contributed by atoms with Gasteiger partial charge in [-0.3, -0.25) is 0 Å². The molecule has 1 aromatic rings. The van der Waals surface area contributed by atoms with Gasteiger partial charge in [0.05, 0.1) is 18.7 Å². The molecule has 0 spiro atoms. The molecule has 3 rings (SSSR count). The first kappa shape index (κ1) is 16.9. The molecule has 6 nitrogen and oxygen atoms in total. The van der Waals surface area contributed by atoms with E-state index in [0.29, 0.717) is 19.8 Å². The van der Waals surface area contributed by atoms with E-state index in [4.69, 9.17) is 14.2 Å². The molecule has 0 saturated carbocycles. The number of hydrogen-bond acceptors (Lipinski definition) is 4. The fraction of sp³-hybridized carbons (Fsp3) is 0.611. The lowest BCUT2D eigenvalue weighted by molar-refractivity contribution is 0.0729.